The molecule has 1 aromatic carbocycles. The molecule has 0 spiro atoms. The Morgan fingerprint density at radius 3 is 2.52 bits per heavy atom. The van der Waals surface area contributed by atoms with E-state index in [1.807, 2.05) is 18.3 Å². The average Bonchev–Trinajstić information content (AvgIpc) is 2.52. The lowest BCUT2D eigenvalue weighted by molar-refractivity contribution is 0.573. The van der Waals surface area contributed by atoms with Gasteiger partial charge in [0.25, 0.3) is 0 Å². The van der Waals surface area contributed by atoms with E-state index in [2.05, 4.69) is 15.0 Å². The van der Waals surface area contributed by atoms with E-state index in [4.69, 9.17) is 0 Å². The molecule has 0 fully saturated rings. The fraction of sp³-hybridized carbons (Fsp3) is 0.267. The van der Waals surface area contributed by atoms with Crippen molar-refractivity contribution < 1.29 is 8.42 Å². The molecule has 0 radical (unpaired) electrons. The lowest BCUT2D eigenvalue weighted by atomic mass is 10.3. The number of hydrogen-bond donors (Lipinski definition) is 2. The van der Waals surface area contributed by atoms with Crippen molar-refractivity contribution in [3.05, 3.63) is 60.4 Å². The molecule has 0 aliphatic rings. The molecule has 0 aliphatic heterocycles. The van der Waals surface area contributed by atoms with Crippen LogP contribution in [0.5, 0.6) is 0 Å². The molecule has 0 amide bonds. The molecule has 0 saturated carbocycles. The minimum absolute atomic E-state index is 0.299. The molecule has 0 saturated heterocycles. The Bertz CT molecular complexity index is 630. The summed E-state index contributed by atoms with van der Waals surface area (Å²) >= 11 is 0. The van der Waals surface area contributed by atoms with Crippen LogP contribution in [0.4, 0.5) is 0 Å². The Morgan fingerprint density at radius 1 is 1.00 bits per heavy atom. The zero-order valence-corrected chi connectivity index (χ0v) is 12.5. The third-order valence-electron chi connectivity index (χ3n) is 2.93. The normalized spacial score (nSPS) is 11.4. The highest BCUT2D eigenvalue weighted by Gasteiger charge is 2.11. The van der Waals surface area contributed by atoms with Crippen molar-refractivity contribution in [2.24, 2.45) is 0 Å². The molecule has 0 atom stereocenters. The van der Waals surface area contributed by atoms with Crippen molar-refractivity contribution in [1.82, 2.24) is 15.0 Å². The van der Waals surface area contributed by atoms with Crippen LogP contribution in [0.1, 0.15) is 12.0 Å². The summed E-state index contributed by atoms with van der Waals surface area (Å²) in [6, 6.07) is 12.3. The van der Waals surface area contributed by atoms with E-state index in [1.54, 1.807) is 36.5 Å². The summed E-state index contributed by atoms with van der Waals surface area (Å²) in [5.74, 6) is 0. The zero-order valence-electron chi connectivity index (χ0n) is 11.7. The summed E-state index contributed by atoms with van der Waals surface area (Å²) in [7, 11) is -3.39. The second kappa shape index (κ2) is 7.87. The highest BCUT2D eigenvalue weighted by atomic mass is 32.2. The van der Waals surface area contributed by atoms with Crippen molar-refractivity contribution >= 4 is 10.0 Å². The van der Waals surface area contributed by atoms with Crippen LogP contribution in [0, 0.1) is 0 Å². The van der Waals surface area contributed by atoms with Crippen molar-refractivity contribution in [2.75, 3.05) is 13.1 Å². The first-order valence-electron chi connectivity index (χ1n) is 6.83. The summed E-state index contributed by atoms with van der Waals surface area (Å²) in [5.41, 5.74) is 1.11. The molecule has 1 aromatic heterocycles. The molecule has 2 aromatic rings. The number of hydrogen-bond acceptors (Lipinski definition) is 4. The summed E-state index contributed by atoms with van der Waals surface area (Å²) < 4.78 is 26.5. The summed E-state index contributed by atoms with van der Waals surface area (Å²) in [5, 5.41) is 3.25. The Kier molecular flexibility index (Phi) is 5.86. The third-order valence-corrected chi connectivity index (χ3v) is 4.40. The SMILES string of the molecule is O=S(=O)(NCCCNCc1cccnc1)c1ccccc1. The number of benzene rings is 1. The van der Waals surface area contributed by atoms with Crippen molar-refractivity contribution in [3.8, 4) is 0 Å². The number of sulfonamides is 1. The lowest BCUT2D eigenvalue weighted by Crippen LogP contribution is -2.27. The van der Waals surface area contributed by atoms with E-state index in [0.29, 0.717) is 11.4 Å². The molecule has 0 aliphatic carbocycles. The monoisotopic (exact) mass is 305 g/mol. The van der Waals surface area contributed by atoms with Gasteiger partial charge in [-0.25, -0.2) is 13.1 Å². The third kappa shape index (κ3) is 5.26. The van der Waals surface area contributed by atoms with Crippen LogP contribution >= 0.6 is 0 Å². The van der Waals surface area contributed by atoms with Crippen LogP contribution < -0.4 is 10.0 Å². The van der Waals surface area contributed by atoms with Gasteiger partial charge < -0.3 is 5.32 Å². The second-order valence-electron chi connectivity index (χ2n) is 4.60. The number of nitrogens with one attached hydrogen (secondary N) is 2. The van der Waals surface area contributed by atoms with Crippen LogP contribution in [0.15, 0.2) is 59.8 Å². The highest BCUT2D eigenvalue weighted by molar-refractivity contribution is 7.89. The van der Waals surface area contributed by atoms with Gasteiger partial charge in [0.2, 0.25) is 10.0 Å². The van der Waals surface area contributed by atoms with Crippen LogP contribution in [-0.2, 0) is 16.6 Å². The lowest BCUT2D eigenvalue weighted by Gasteiger charge is -2.07. The maximum atomic E-state index is 11.9. The Balaban J connectivity index is 1.66. The molecule has 0 bridgehead atoms. The number of aromatic nitrogens is 1. The van der Waals surface area contributed by atoms with Crippen molar-refractivity contribution in [1.29, 1.82) is 0 Å². The van der Waals surface area contributed by atoms with Gasteiger partial charge in [-0.1, -0.05) is 24.3 Å². The van der Waals surface area contributed by atoms with Crippen molar-refractivity contribution in [3.63, 3.8) is 0 Å². The first kappa shape index (κ1) is 15.6. The van der Waals surface area contributed by atoms with E-state index in [1.165, 1.54) is 0 Å². The first-order valence-corrected chi connectivity index (χ1v) is 8.31. The van der Waals surface area contributed by atoms with Crippen LogP contribution in [0.3, 0.4) is 0 Å². The predicted octanol–water partition coefficient (Wildman–Crippen LogP) is 1.54. The van der Waals surface area contributed by atoms with Gasteiger partial charge in [0, 0.05) is 25.5 Å². The first-order chi connectivity index (χ1) is 10.2. The van der Waals surface area contributed by atoms with E-state index in [9.17, 15) is 8.42 Å². The summed E-state index contributed by atoms with van der Waals surface area (Å²) in [6.07, 6.45) is 4.28. The number of rotatable bonds is 8. The topological polar surface area (TPSA) is 71.1 Å². The smallest absolute Gasteiger partial charge is 0.240 e. The van der Waals surface area contributed by atoms with Gasteiger partial charge in [-0.2, -0.15) is 0 Å². The second-order valence-corrected chi connectivity index (χ2v) is 6.37. The number of nitrogens with zero attached hydrogens (tertiary/aromatic N) is 1. The standard InChI is InChI=1S/C15H19N3O2S/c19-21(20,15-7-2-1-3-8-15)18-11-5-10-17-13-14-6-4-9-16-12-14/h1-4,6-9,12,17-18H,5,10-11,13H2. The quantitative estimate of drug-likeness (QED) is 0.726. The minimum atomic E-state index is -3.39. The van der Waals surface area contributed by atoms with Gasteiger partial charge in [-0.3, -0.25) is 4.98 Å². The van der Waals surface area contributed by atoms with Crippen LogP contribution in [-0.4, -0.2) is 26.5 Å². The fourth-order valence-corrected chi connectivity index (χ4v) is 2.93. The molecule has 21 heavy (non-hydrogen) atoms. The Hall–Kier alpha value is -1.76. The maximum Gasteiger partial charge on any atom is 0.240 e. The molecule has 2 N–H and O–H groups in total. The van der Waals surface area contributed by atoms with Gasteiger partial charge in [0.1, 0.15) is 0 Å². The van der Waals surface area contributed by atoms with Crippen LogP contribution in [0.2, 0.25) is 0 Å². The maximum absolute atomic E-state index is 11.9. The molecule has 6 heteroatoms. The van der Waals surface area contributed by atoms with Crippen LogP contribution in [0.25, 0.3) is 0 Å². The van der Waals surface area contributed by atoms with Gasteiger partial charge in [-0.05, 0) is 36.7 Å². The molecule has 5 nitrogen and oxygen atoms in total. The molecule has 112 valence electrons. The molecular formula is C15H19N3O2S. The van der Waals surface area contributed by atoms with Gasteiger partial charge in [0.05, 0.1) is 4.90 Å². The highest BCUT2D eigenvalue weighted by Crippen LogP contribution is 2.06. The summed E-state index contributed by atoms with van der Waals surface area (Å²) in [4.78, 5) is 4.33. The van der Waals surface area contributed by atoms with E-state index in [0.717, 1.165) is 25.1 Å². The number of pyridine rings is 1. The van der Waals surface area contributed by atoms with Gasteiger partial charge in [0.15, 0.2) is 0 Å². The minimum Gasteiger partial charge on any atom is -0.313 e. The van der Waals surface area contributed by atoms with E-state index >= 15 is 0 Å². The molecule has 1 heterocycles. The van der Waals surface area contributed by atoms with Gasteiger partial charge in [-0.15, -0.1) is 0 Å². The summed E-state index contributed by atoms with van der Waals surface area (Å²) in [6.45, 7) is 1.89. The average molecular weight is 305 g/mol. The molecule has 0 unspecified atom stereocenters. The van der Waals surface area contributed by atoms with Gasteiger partial charge >= 0.3 is 0 Å². The Labute approximate surface area is 125 Å². The van der Waals surface area contributed by atoms with E-state index < -0.39 is 10.0 Å². The largest absolute Gasteiger partial charge is 0.313 e. The Morgan fingerprint density at radius 2 is 1.81 bits per heavy atom. The molecule has 2 rings (SSSR count). The fourth-order valence-electron chi connectivity index (χ4n) is 1.84. The van der Waals surface area contributed by atoms with E-state index in [-0.39, 0.29) is 0 Å². The molecular weight excluding hydrogens is 286 g/mol. The zero-order chi connectivity index (χ0) is 15.0. The van der Waals surface area contributed by atoms with Crippen molar-refractivity contribution in [2.45, 2.75) is 17.9 Å². The predicted molar refractivity (Wildman–Crippen MR) is 82.2 cm³/mol.